The van der Waals surface area contributed by atoms with Crippen LogP contribution in [0.2, 0.25) is 0 Å². The van der Waals surface area contributed by atoms with Crippen LogP contribution in [0.4, 0.5) is 0 Å². The molecule has 0 spiro atoms. The van der Waals surface area contributed by atoms with Crippen LogP contribution in [0, 0.1) is 17.8 Å². The maximum absolute atomic E-state index is 11.9. The number of nitrogens with two attached hydrogens (primary N) is 1. The summed E-state index contributed by atoms with van der Waals surface area (Å²) in [6.07, 6.45) is 5.06. The summed E-state index contributed by atoms with van der Waals surface area (Å²) in [6, 6.07) is -0.301. The Bertz CT molecular complexity index is 359. The lowest BCUT2D eigenvalue weighted by Gasteiger charge is -2.29. The molecule has 108 valence electrons. The zero-order valence-electron chi connectivity index (χ0n) is 11.5. The van der Waals surface area contributed by atoms with Crippen LogP contribution >= 0.6 is 0 Å². The number of carboxylic acids is 1. The first-order chi connectivity index (χ1) is 9.02. The Balaban J connectivity index is 1.90. The highest BCUT2D eigenvalue weighted by atomic mass is 16.4. The summed E-state index contributed by atoms with van der Waals surface area (Å²) < 4.78 is 0. The standard InChI is InChI=1S/C14H24N2O3/c1-2-3-10(15)7-11(17)16-13-9-5-4-8(6-9)12(13)14(18)19/h8-10,12-13H,2-7,15H2,1H3,(H,16,17)(H,18,19). The highest BCUT2D eigenvalue weighted by Crippen LogP contribution is 2.48. The normalized spacial score (nSPS) is 34.2. The number of nitrogens with one attached hydrogen (secondary N) is 1. The molecule has 19 heavy (non-hydrogen) atoms. The van der Waals surface area contributed by atoms with E-state index in [4.69, 9.17) is 5.73 Å². The number of fused-ring (bicyclic) bond motifs is 2. The fourth-order valence-corrected chi connectivity index (χ4v) is 3.81. The van der Waals surface area contributed by atoms with Gasteiger partial charge in [0.05, 0.1) is 5.92 Å². The summed E-state index contributed by atoms with van der Waals surface area (Å²) in [5.41, 5.74) is 5.85. The molecule has 5 nitrogen and oxygen atoms in total. The molecule has 2 aliphatic rings. The summed E-state index contributed by atoms with van der Waals surface area (Å²) in [5.74, 6) is -0.667. The SMILES string of the molecule is CCCC(N)CC(=O)NC1C2CCC(C2)C1C(=O)O. The lowest BCUT2D eigenvalue weighted by atomic mass is 9.84. The molecular formula is C14H24N2O3. The van der Waals surface area contributed by atoms with Crippen molar-refractivity contribution >= 4 is 11.9 Å². The van der Waals surface area contributed by atoms with Gasteiger partial charge in [0, 0.05) is 18.5 Å². The molecule has 4 N–H and O–H groups in total. The predicted molar refractivity (Wildman–Crippen MR) is 71.4 cm³/mol. The Hall–Kier alpha value is -1.10. The molecule has 0 radical (unpaired) electrons. The Morgan fingerprint density at radius 3 is 2.68 bits per heavy atom. The Morgan fingerprint density at radius 1 is 1.37 bits per heavy atom. The van der Waals surface area contributed by atoms with Crippen molar-refractivity contribution in [2.75, 3.05) is 0 Å². The van der Waals surface area contributed by atoms with Gasteiger partial charge in [-0.3, -0.25) is 9.59 Å². The van der Waals surface area contributed by atoms with Gasteiger partial charge in [0.15, 0.2) is 0 Å². The maximum atomic E-state index is 11.9. The topological polar surface area (TPSA) is 92.4 Å². The molecule has 0 heterocycles. The van der Waals surface area contributed by atoms with Crippen molar-refractivity contribution in [3.63, 3.8) is 0 Å². The van der Waals surface area contributed by atoms with Crippen molar-refractivity contribution in [1.29, 1.82) is 0 Å². The number of hydrogen-bond acceptors (Lipinski definition) is 3. The summed E-state index contributed by atoms with van der Waals surface area (Å²) in [4.78, 5) is 23.3. The molecule has 2 rings (SSSR count). The molecule has 5 unspecified atom stereocenters. The summed E-state index contributed by atoms with van der Waals surface area (Å²) in [6.45, 7) is 2.04. The lowest BCUT2D eigenvalue weighted by Crippen LogP contribution is -2.47. The minimum Gasteiger partial charge on any atom is -0.481 e. The second kappa shape index (κ2) is 5.90. The Morgan fingerprint density at radius 2 is 2.05 bits per heavy atom. The van der Waals surface area contributed by atoms with Crippen LogP contribution in [0.15, 0.2) is 0 Å². The van der Waals surface area contributed by atoms with Gasteiger partial charge in [0.25, 0.3) is 0 Å². The highest BCUT2D eigenvalue weighted by molar-refractivity contribution is 5.79. The van der Waals surface area contributed by atoms with E-state index >= 15 is 0 Å². The summed E-state index contributed by atoms with van der Waals surface area (Å²) >= 11 is 0. The molecular weight excluding hydrogens is 244 g/mol. The first-order valence-electron chi connectivity index (χ1n) is 7.30. The first kappa shape index (κ1) is 14.3. The van der Waals surface area contributed by atoms with Gasteiger partial charge >= 0.3 is 5.97 Å². The van der Waals surface area contributed by atoms with Gasteiger partial charge in [-0.2, -0.15) is 0 Å². The number of carboxylic acid groups (broad SMARTS) is 1. The van der Waals surface area contributed by atoms with Crippen molar-refractivity contribution in [3.05, 3.63) is 0 Å². The smallest absolute Gasteiger partial charge is 0.308 e. The number of rotatable bonds is 6. The van der Waals surface area contributed by atoms with Gasteiger partial charge in [-0.1, -0.05) is 13.3 Å². The van der Waals surface area contributed by atoms with E-state index in [1.165, 1.54) is 0 Å². The zero-order chi connectivity index (χ0) is 14.0. The monoisotopic (exact) mass is 268 g/mol. The van der Waals surface area contributed by atoms with E-state index in [0.717, 1.165) is 32.1 Å². The molecule has 0 aliphatic heterocycles. The van der Waals surface area contributed by atoms with Crippen molar-refractivity contribution in [1.82, 2.24) is 5.32 Å². The quantitative estimate of drug-likeness (QED) is 0.673. The van der Waals surface area contributed by atoms with Crippen molar-refractivity contribution in [3.8, 4) is 0 Å². The molecule has 1 amide bonds. The number of carbonyl (C=O) groups is 2. The molecule has 2 bridgehead atoms. The molecule has 5 heteroatoms. The Kier molecular flexibility index (Phi) is 4.45. The van der Waals surface area contributed by atoms with Crippen molar-refractivity contribution in [2.24, 2.45) is 23.5 Å². The van der Waals surface area contributed by atoms with Gasteiger partial charge in [-0.05, 0) is 37.5 Å². The van der Waals surface area contributed by atoms with Gasteiger partial charge in [0.2, 0.25) is 5.91 Å². The minimum absolute atomic E-state index is 0.0928. The van der Waals surface area contributed by atoms with E-state index < -0.39 is 11.9 Å². The number of amides is 1. The van der Waals surface area contributed by atoms with Crippen LogP contribution in [-0.2, 0) is 9.59 Å². The molecule has 0 aromatic heterocycles. The third-order valence-electron chi connectivity index (χ3n) is 4.64. The van der Waals surface area contributed by atoms with Crippen molar-refractivity contribution < 1.29 is 14.7 Å². The fraction of sp³-hybridized carbons (Fsp3) is 0.857. The Labute approximate surface area is 113 Å². The zero-order valence-corrected chi connectivity index (χ0v) is 11.5. The maximum Gasteiger partial charge on any atom is 0.308 e. The summed E-state index contributed by atoms with van der Waals surface area (Å²) in [7, 11) is 0. The van der Waals surface area contributed by atoms with Gasteiger partial charge in [-0.25, -0.2) is 0 Å². The van der Waals surface area contributed by atoms with Gasteiger partial charge < -0.3 is 16.2 Å². The fourth-order valence-electron chi connectivity index (χ4n) is 3.81. The number of aliphatic carboxylic acids is 1. The first-order valence-corrected chi connectivity index (χ1v) is 7.30. The van der Waals surface area contributed by atoms with Crippen molar-refractivity contribution in [2.45, 2.75) is 57.5 Å². The molecule has 2 aliphatic carbocycles. The van der Waals surface area contributed by atoms with E-state index in [9.17, 15) is 14.7 Å². The third-order valence-corrected chi connectivity index (χ3v) is 4.64. The second-order valence-electron chi connectivity index (χ2n) is 6.04. The van der Waals surface area contributed by atoms with Crippen LogP contribution in [0.5, 0.6) is 0 Å². The van der Waals surface area contributed by atoms with Gasteiger partial charge in [0.1, 0.15) is 0 Å². The molecule has 2 saturated carbocycles. The molecule has 2 fully saturated rings. The second-order valence-corrected chi connectivity index (χ2v) is 6.04. The van der Waals surface area contributed by atoms with E-state index in [0.29, 0.717) is 12.3 Å². The van der Waals surface area contributed by atoms with Crippen LogP contribution in [0.3, 0.4) is 0 Å². The van der Waals surface area contributed by atoms with E-state index in [2.05, 4.69) is 5.32 Å². The predicted octanol–water partition coefficient (Wildman–Crippen LogP) is 1.12. The van der Waals surface area contributed by atoms with Gasteiger partial charge in [-0.15, -0.1) is 0 Å². The molecule has 5 atom stereocenters. The minimum atomic E-state index is -0.768. The summed E-state index contributed by atoms with van der Waals surface area (Å²) in [5, 5.41) is 12.2. The van der Waals surface area contributed by atoms with Crippen LogP contribution in [0.1, 0.15) is 45.4 Å². The van der Waals surface area contributed by atoms with E-state index in [-0.39, 0.29) is 23.9 Å². The number of carbonyl (C=O) groups excluding carboxylic acids is 1. The highest BCUT2D eigenvalue weighted by Gasteiger charge is 2.51. The van der Waals surface area contributed by atoms with Crippen LogP contribution < -0.4 is 11.1 Å². The van der Waals surface area contributed by atoms with Crippen LogP contribution in [0.25, 0.3) is 0 Å². The van der Waals surface area contributed by atoms with E-state index in [1.54, 1.807) is 0 Å². The molecule has 0 aromatic rings. The average Bonchev–Trinajstić information content (AvgIpc) is 2.88. The average molecular weight is 268 g/mol. The largest absolute Gasteiger partial charge is 0.481 e. The lowest BCUT2D eigenvalue weighted by molar-refractivity contribution is -0.144. The molecule has 0 aromatic carbocycles. The number of hydrogen-bond donors (Lipinski definition) is 3. The van der Waals surface area contributed by atoms with E-state index in [1.807, 2.05) is 6.92 Å². The van der Waals surface area contributed by atoms with Crippen LogP contribution in [-0.4, -0.2) is 29.1 Å². The third kappa shape index (κ3) is 3.08. The molecule has 0 saturated heterocycles.